The van der Waals surface area contributed by atoms with Crippen molar-refractivity contribution in [1.82, 2.24) is 10.1 Å². The number of carbonyl (C=O) groups is 1. The van der Waals surface area contributed by atoms with Crippen LogP contribution in [0, 0.1) is 5.92 Å². The Hall–Kier alpha value is -2.14. The van der Waals surface area contributed by atoms with Gasteiger partial charge in [0.1, 0.15) is 0 Å². The number of carbonyl (C=O) groups excluding carboxylic acids is 1. The molecule has 1 heterocycles. The van der Waals surface area contributed by atoms with Gasteiger partial charge in [0.2, 0.25) is 5.91 Å². The lowest BCUT2D eigenvalue weighted by Crippen LogP contribution is -2.40. The number of hydrogen-bond donors (Lipinski definition) is 1. The van der Waals surface area contributed by atoms with E-state index in [2.05, 4.69) is 5.16 Å². The molecule has 24 heavy (non-hydrogen) atoms. The molecule has 1 aliphatic carbocycles. The summed E-state index contributed by atoms with van der Waals surface area (Å²) in [5.74, 6) is 1.15. The van der Waals surface area contributed by atoms with E-state index in [0.29, 0.717) is 17.4 Å². The van der Waals surface area contributed by atoms with Crippen LogP contribution in [-0.4, -0.2) is 40.8 Å². The van der Waals surface area contributed by atoms with Crippen molar-refractivity contribution in [1.29, 1.82) is 0 Å². The molecule has 3 rings (SSSR count). The zero-order valence-electron chi connectivity index (χ0n) is 14.0. The average molecular weight is 328 g/mol. The van der Waals surface area contributed by atoms with Gasteiger partial charge in [-0.05, 0) is 31.6 Å². The van der Waals surface area contributed by atoms with Crippen LogP contribution in [0.4, 0.5) is 0 Å². The molecule has 0 atom stereocenters. The van der Waals surface area contributed by atoms with E-state index in [-0.39, 0.29) is 25.0 Å². The highest BCUT2D eigenvalue weighted by Crippen LogP contribution is 2.27. The average Bonchev–Trinajstić information content (AvgIpc) is 3.10. The van der Waals surface area contributed by atoms with Gasteiger partial charge in [-0.2, -0.15) is 0 Å². The number of hydrogen-bond acceptors (Lipinski definition) is 4. The van der Waals surface area contributed by atoms with Crippen LogP contribution >= 0.6 is 0 Å². The van der Waals surface area contributed by atoms with Gasteiger partial charge in [-0.15, -0.1) is 0 Å². The summed E-state index contributed by atoms with van der Waals surface area (Å²) in [6.07, 6.45) is 4.15. The molecule has 1 aliphatic rings. The van der Waals surface area contributed by atoms with Crippen molar-refractivity contribution < 1.29 is 14.4 Å². The van der Waals surface area contributed by atoms with Crippen LogP contribution in [0.3, 0.4) is 0 Å². The van der Waals surface area contributed by atoms with E-state index in [9.17, 15) is 9.90 Å². The molecule has 0 spiro atoms. The number of benzene rings is 1. The summed E-state index contributed by atoms with van der Waals surface area (Å²) in [7, 11) is 1.87. The summed E-state index contributed by atoms with van der Waals surface area (Å²) in [6, 6.07) is 11.9. The third kappa shape index (κ3) is 3.85. The fraction of sp³-hybridized carbons (Fsp3) is 0.474. The van der Waals surface area contributed by atoms with Crippen molar-refractivity contribution in [3.05, 3.63) is 42.1 Å². The maximum absolute atomic E-state index is 12.5. The molecule has 1 aromatic heterocycles. The SMILES string of the molecule is CN(C(=O)Cc1cc(-c2ccccc2)on1)C1CCC(CO)CC1. The Balaban J connectivity index is 1.58. The second-order valence-electron chi connectivity index (χ2n) is 6.59. The smallest absolute Gasteiger partial charge is 0.228 e. The molecule has 0 saturated heterocycles. The first-order valence-electron chi connectivity index (χ1n) is 8.55. The predicted octanol–water partition coefficient (Wildman–Crippen LogP) is 2.89. The van der Waals surface area contributed by atoms with Gasteiger partial charge in [0.05, 0.1) is 12.1 Å². The van der Waals surface area contributed by atoms with E-state index in [1.54, 1.807) is 0 Å². The van der Waals surface area contributed by atoms with Crippen LogP contribution in [-0.2, 0) is 11.2 Å². The fourth-order valence-corrected chi connectivity index (χ4v) is 3.33. The van der Waals surface area contributed by atoms with E-state index in [0.717, 1.165) is 31.2 Å². The molecule has 0 aliphatic heterocycles. The normalized spacial score (nSPS) is 20.8. The summed E-state index contributed by atoms with van der Waals surface area (Å²) in [4.78, 5) is 14.3. The number of aromatic nitrogens is 1. The van der Waals surface area contributed by atoms with E-state index < -0.39 is 0 Å². The monoisotopic (exact) mass is 328 g/mol. The van der Waals surface area contributed by atoms with E-state index in [1.165, 1.54) is 0 Å². The number of likely N-dealkylation sites (N-methyl/N-ethyl adjacent to an activating group) is 1. The molecule has 1 N–H and O–H groups in total. The molecule has 1 fully saturated rings. The second-order valence-corrected chi connectivity index (χ2v) is 6.59. The summed E-state index contributed by atoms with van der Waals surface area (Å²) in [5, 5.41) is 13.2. The topological polar surface area (TPSA) is 66.6 Å². The van der Waals surface area contributed by atoms with Crippen molar-refractivity contribution in [2.45, 2.75) is 38.1 Å². The molecule has 0 bridgehead atoms. The van der Waals surface area contributed by atoms with Crippen molar-refractivity contribution in [3.8, 4) is 11.3 Å². The molecule has 0 unspecified atom stereocenters. The predicted molar refractivity (Wildman–Crippen MR) is 91.2 cm³/mol. The van der Waals surface area contributed by atoms with Gasteiger partial charge in [-0.25, -0.2) is 0 Å². The van der Waals surface area contributed by atoms with Crippen LogP contribution in [0.2, 0.25) is 0 Å². The molecule has 1 saturated carbocycles. The lowest BCUT2D eigenvalue weighted by atomic mass is 9.86. The summed E-state index contributed by atoms with van der Waals surface area (Å²) in [5.41, 5.74) is 1.62. The maximum atomic E-state index is 12.5. The number of aliphatic hydroxyl groups is 1. The Morgan fingerprint density at radius 2 is 1.96 bits per heavy atom. The molecule has 128 valence electrons. The van der Waals surface area contributed by atoms with Gasteiger partial charge in [-0.1, -0.05) is 35.5 Å². The molecule has 0 radical (unpaired) electrons. The zero-order chi connectivity index (χ0) is 16.9. The standard InChI is InChI=1S/C19H24N2O3/c1-21(17-9-7-14(13-22)8-10-17)19(23)12-16-11-18(24-20-16)15-5-3-2-4-6-15/h2-6,11,14,17,22H,7-10,12-13H2,1H3. The third-order valence-electron chi connectivity index (χ3n) is 4.97. The lowest BCUT2D eigenvalue weighted by Gasteiger charge is -2.34. The summed E-state index contributed by atoms with van der Waals surface area (Å²) >= 11 is 0. The van der Waals surface area contributed by atoms with Gasteiger partial charge in [-0.3, -0.25) is 4.79 Å². The van der Waals surface area contributed by atoms with E-state index in [1.807, 2.05) is 48.3 Å². The van der Waals surface area contributed by atoms with Crippen molar-refractivity contribution in [2.24, 2.45) is 5.92 Å². The quantitative estimate of drug-likeness (QED) is 0.916. The first-order valence-corrected chi connectivity index (χ1v) is 8.55. The minimum absolute atomic E-state index is 0.0651. The molecular formula is C19H24N2O3. The third-order valence-corrected chi connectivity index (χ3v) is 4.97. The van der Waals surface area contributed by atoms with Crippen LogP contribution < -0.4 is 0 Å². The van der Waals surface area contributed by atoms with Crippen LogP contribution in [0.25, 0.3) is 11.3 Å². The molecular weight excluding hydrogens is 304 g/mol. The number of nitrogens with zero attached hydrogens (tertiary/aromatic N) is 2. The largest absolute Gasteiger partial charge is 0.396 e. The van der Waals surface area contributed by atoms with Gasteiger partial charge in [0.25, 0.3) is 0 Å². The lowest BCUT2D eigenvalue weighted by molar-refractivity contribution is -0.132. The highest BCUT2D eigenvalue weighted by atomic mass is 16.5. The second kappa shape index (κ2) is 7.62. The van der Waals surface area contributed by atoms with Gasteiger partial charge < -0.3 is 14.5 Å². The number of rotatable bonds is 5. The van der Waals surface area contributed by atoms with Crippen LogP contribution in [0.15, 0.2) is 40.9 Å². The Bertz CT molecular complexity index is 660. The molecule has 5 nitrogen and oxygen atoms in total. The molecule has 5 heteroatoms. The first-order chi connectivity index (χ1) is 11.7. The van der Waals surface area contributed by atoms with Crippen LogP contribution in [0.5, 0.6) is 0 Å². The van der Waals surface area contributed by atoms with Crippen molar-refractivity contribution in [3.63, 3.8) is 0 Å². The Kier molecular flexibility index (Phi) is 5.30. The minimum atomic E-state index is 0.0651. The highest BCUT2D eigenvalue weighted by Gasteiger charge is 2.26. The summed E-state index contributed by atoms with van der Waals surface area (Å²) in [6.45, 7) is 0.256. The summed E-state index contributed by atoms with van der Waals surface area (Å²) < 4.78 is 5.36. The van der Waals surface area contributed by atoms with E-state index in [4.69, 9.17) is 4.52 Å². The van der Waals surface area contributed by atoms with Gasteiger partial charge in [0, 0.05) is 31.3 Å². The first kappa shape index (κ1) is 16.7. The Labute approximate surface area is 142 Å². The Morgan fingerprint density at radius 3 is 2.62 bits per heavy atom. The van der Waals surface area contributed by atoms with Gasteiger partial charge in [0.15, 0.2) is 5.76 Å². The zero-order valence-corrected chi connectivity index (χ0v) is 14.0. The molecule has 1 aromatic carbocycles. The van der Waals surface area contributed by atoms with Crippen molar-refractivity contribution in [2.75, 3.05) is 13.7 Å². The fourth-order valence-electron chi connectivity index (χ4n) is 3.33. The highest BCUT2D eigenvalue weighted by molar-refractivity contribution is 5.78. The van der Waals surface area contributed by atoms with Crippen molar-refractivity contribution >= 4 is 5.91 Å². The minimum Gasteiger partial charge on any atom is -0.396 e. The molecule has 1 amide bonds. The van der Waals surface area contributed by atoms with Crippen LogP contribution in [0.1, 0.15) is 31.4 Å². The van der Waals surface area contributed by atoms with Gasteiger partial charge >= 0.3 is 0 Å². The number of aliphatic hydroxyl groups excluding tert-OH is 1. The number of amides is 1. The maximum Gasteiger partial charge on any atom is 0.228 e. The molecule has 2 aromatic rings. The Morgan fingerprint density at radius 1 is 1.25 bits per heavy atom. The van der Waals surface area contributed by atoms with E-state index >= 15 is 0 Å².